The highest BCUT2D eigenvalue weighted by Gasteiger charge is 2.54. The van der Waals surface area contributed by atoms with E-state index in [0.717, 1.165) is 0 Å². The number of aryl methyl sites for hydroxylation is 2. The van der Waals surface area contributed by atoms with Gasteiger partial charge in [0, 0.05) is 44.1 Å². The highest BCUT2D eigenvalue weighted by molar-refractivity contribution is 7.00. The summed E-state index contributed by atoms with van der Waals surface area (Å²) in [6, 6.07) is 56.5. The molecule has 350 valence electrons. The first-order chi connectivity index (χ1) is 34.5. The zero-order valence-electron chi connectivity index (χ0n) is 43.6. The Balaban J connectivity index is 1.10. The molecule has 0 radical (unpaired) electrons. The molecule has 0 atom stereocenters. The van der Waals surface area contributed by atoms with Crippen LogP contribution in [-0.2, 0) is 27.1 Å². The summed E-state index contributed by atoms with van der Waals surface area (Å²) in [7, 11) is 0. The van der Waals surface area contributed by atoms with E-state index in [-0.39, 0.29) is 28.4 Å². The molecule has 6 aliphatic rings. The van der Waals surface area contributed by atoms with Crippen molar-refractivity contribution in [2.24, 2.45) is 0 Å². The summed E-state index contributed by atoms with van der Waals surface area (Å²) < 4.78 is 5.54. The number of para-hydroxylation sites is 1. The molecule has 0 saturated heterocycles. The lowest BCUT2D eigenvalue weighted by atomic mass is 9.33. The number of hydrogen-bond donors (Lipinski definition) is 0. The molecule has 16 rings (SSSR count). The third-order valence-corrected chi connectivity index (χ3v) is 19.9. The van der Waals surface area contributed by atoms with Crippen molar-refractivity contribution in [2.45, 2.75) is 122 Å². The summed E-state index contributed by atoms with van der Waals surface area (Å²) in [6.45, 7) is 24.5. The minimum absolute atomic E-state index is 0.0408. The molecule has 0 fully saturated rings. The molecule has 0 saturated carbocycles. The van der Waals surface area contributed by atoms with Crippen molar-refractivity contribution in [1.82, 2.24) is 9.13 Å². The third-order valence-electron chi connectivity index (χ3n) is 19.9. The number of benzene rings is 8. The van der Waals surface area contributed by atoms with Gasteiger partial charge in [-0.05, 0) is 169 Å². The van der Waals surface area contributed by atoms with Gasteiger partial charge in [-0.1, -0.05) is 182 Å². The fourth-order valence-corrected chi connectivity index (χ4v) is 16.3. The molecule has 0 unspecified atom stereocenters. The molecule has 2 nitrogen and oxygen atoms in total. The zero-order chi connectivity index (χ0) is 48.9. The van der Waals surface area contributed by atoms with Crippen LogP contribution < -0.4 is 16.4 Å². The fraction of sp³-hybridized carbons (Fsp3) is 0.275. The van der Waals surface area contributed by atoms with Gasteiger partial charge in [-0.15, -0.1) is 0 Å². The van der Waals surface area contributed by atoms with E-state index in [4.69, 9.17) is 0 Å². The summed E-state index contributed by atoms with van der Waals surface area (Å²) in [4.78, 5) is 0. The highest BCUT2D eigenvalue weighted by Crippen LogP contribution is 2.62. The van der Waals surface area contributed by atoms with Crippen molar-refractivity contribution in [3.8, 4) is 44.9 Å². The van der Waals surface area contributed by atoms with Gasteiger partial charge in [0.15, 0.2) is 0 Å². The van der Waals surface area contributed by atoms with Crippen LogP contribution in [0.2, 0.25) is 0 Å². The van der Waals surface area contributed by atoms with Crippen LogP contribution in [0.25, 0.3) is 77.6 Å². The van der Waals surface area contributed by atoms with E-state index < -0.39 is 5.41 Å². The Hall–Kier alpha value is -6.84. The van der Waals surface area contributed by atoms with Crippen LogP contribution >= 0.6 is 0 Å². The predicted octanol–water partition coefficient (Wildman–Crippen LogP) is 15.2. The number of fused-ring (bicyclic) bond motifs is 13. The summed E-state index contributed by atoms with van der Waals surface area (Å²) in [5.74, 6) is 0. The minimum atomic E-state index is -0.499. The molecular weight excluding hydrogens is 868 g/mol. The van der Waals surface area contributed by atoms with Gasteiger partial charge < -0.3 is 9.13 Å². The summed E-state index contributed by atoms with van der Waals surface area (Å²) in [5.41, 5.74) is 33.2. The molecule has 3 heteroatoms. The summed E-state index contributed by atoms with van der Waals surface area (Å²) in [5, 5.41) is 4.09. The number of rotatable bonds is 2. The topological polar surface area (TPSA) is 9.86 Å². The molecular formula is C69H61BN2. The number of hydrogen-bond acceptors (Lipinski definition) is 0. The van der Waals surface area contributed by atoms with E-state index >= 15 is 0 Å². The van der Waals surface area contributed by atoms with Crippen LogP contribution in [0.3, 0.4) is 0 Å². The second kappa shape index (κ2) is 13.0. The lowest BCUT2D eigenvalue weighted by Gasteiger charge is -2.44. The van der Waals surface area contributed by atoms with E-state index in [1.54, 1.807) is 0 Å². The van der Waals surface area contributed by atoms with Gasteiger partial charge in [-0.3, -0.25) is 0 Å². The Morgan fingerprint density at radius 1 is 0.403 bits per heavy atom. The highest BCUT2D eigenvalue weighted by atomic mass is 15.1. The normalized spacial score (nSPS) is 18.7. The molecule has 2 aromatic heterocycles. The Kier molecular flexibility index (Phi) is 7.56. The molecule has 0 N–H and O–H groups in total. The SMILES string of the molecule is Cc1cc2c3c(c1)c1cc(C)cc4c1n3-c1c(ccc3c1B2c1cccc2c(-c5ccc6c(c5)C(C)(C)CCC6(C)C)c(-c5ccc6c(c5)C(C)(C)CCC6(C)C)n-3c12)C41c2ccccc2-c2ccccc21. The molecule has 5 heterocycles. The zero-order valence-corrected chi connectivity index (χ0v) is 43.6. The van der Waals surface area contributed by atoms with Gasteiger partial charge in [0.05, 0.1) is 16.6 Å². The maximum absolute atomic E-state index is 2.77. The number of aromatic nitrogens is 2. The molecule has 3 aliphatic heterocycles. The van der Waals surface area contributed by atoms with Crippen molar-refractivity contribution in [1.29, 1.82) is 0 Å². The van der Waals surface area contributed by atoms with E-state index in [1.807, 2.05) is 0 Å². The maximum Gasteiger partial charge on any atom is 0.252 e. The standard InChI is InChI=1S/C69H61BN2/c1-38-32-45-46-33-39(2)35-56-63(46)72-61(45)54(34-38)69(47-19-13-11-16-42(47)43-17-12-14-20-48(43)69)51-26-27-57-59(64(51)72)70(56)55-21-15-18-44-58(40-22-24-49-52(36-40)67(7,8)30-28-65(49,3)4)60(71(57)62(44)55)41-23-25-50-53(37-41)68(9,10)31-29-66(50,5)6/h11-27,32-37H,28-31H2,1-10H3. The van der Waals surface area contributed by atoms with Crippen LogP contribution in [-0.4, -0.2) is 15.8 Å². The van der Waals surface area contributed by atoms with Gasteiger partial charge in [-0.2, -0.15) is 0 Å². The molecule has 0 bridgehead atoms. The van der Waals surface area contributed by atoms with Crippen LogP contribution in [0.1, 0.15) is 137 Å². The van der Waals surface area contributed by atoms with Gasteiger partial charge in [0.1, 0.15) is 0 Å². The first-order valence-electron chi connectivity index (χ1n) is 27.0. The van der Waals surface area contributed by atoms with Crippen LogP contribution in [0, 0.1) is 13.8 Å². The Labute approximate surface area is 424 Å². The minimum Gasteiger partial charge on any atom is -0.310 e. The largest absolute Gasteiger partial charge is 0.310 e. The van der Waals surface area contributed by atoms with Crippen molar-refractivity contribution in [3.05, 3.63) is 195 Å². The molecule has 10 aromatic rings. The quantitative estimate of drug-likeness (QED) is 0.153. The average Bonchev–Trinajstić information content (AvgIpc) is 3.99. The average molecular weight is 929 g/mol. The first kappa shape index (κ1) is 41.7. The maximum atomic E-state index is 2.77. The van der Waals surface area contributed by atoms with E-state index in [2.05, 4.69) is 218 Å². The number of nitrogens with zero attached hydrogens (tertiary/aromatic N) is 2. The van der Waals surface area contributed by atoms with Crippen molar-refractivity contribution < 1.29 is 0 Å². The van der Waals surface area contributed by atoms with E-state index in [0.29, 0.717) is 0 Å². The van der Waals surface area contributed by atoms with E-state index in [9.17, 15) is 0 Å². The molecule has 3 aliphatic carbocycles. The second-order valence-corrected chi connectivity index (χ2v) is 25.8. The molecule has 72 heavy (non-hydrogen) atoms. The van der Waals surface area contributed by atoms with Crippen LogP contribution in [0.15, 0.2) is 140 Å². The van der Waals surface area contributed by atoms with Gasteiger partial charge in [0.2, 0.25) is 0 Å². The van der Waals surface area contributed by atoms with E-state index in [1.165, 1.54) is 175 Å². The smallest absolute Gasteiger partial charge is 0.252 e. The monoisotopic (exact) mass is 928 g/mol. The molecule has 8 aromatic carbocycles. The Morgan fingerprint density at radius 2 is 0.944 bits per heavy atom. The van der Waals surface area contributed by atoms with Crippen LogP contribution in [0.4, 0.5) is 0 Å². The summed E-state index contributed by atoms with van der Waals surface area (Å²) >= 11 is 0. The van der Waals surface area contributed by atoms with Crippen molar-refractivity contribution in [3.63, 3.8) is 0 Å². The molecule has 1 spiro atoms. The lowest BCUT2D eigenvalue weighted by molar-refractivity contribution is 0.332. The van der Waals surface area contributed by atoms with Crippen molar-refractivity contribution >= 4 is 55.8 Å². The van der Waals surface area contributed by atoms with Gasteiger partial charge in [-0.25, -0.2) is 0 Å². The van der Waals surface area contributed by atoms with Crippen LogP contribution in [0.5, 0.6) is 0 Å². The fourth-order valence-electron chi connectivity index (χ4n) is 16.3. The second-order valence-electron chi connectivity index (χ2n) is 25.8. The third kappa shape index (κ3) is 4.77. The lowest BCUT2D eigenvalue weighted by Crippen LogP contribution is -2.60. The van der Waals surface area contributed by atoms with Gasteiger partial charge >= 0.3 is 0 Å². The predicted molar refractivity (Wildman–Crippen MR) is 304 cm³/mol. The van der Waals surface area contributed by atoms with Crippen molar-refractivity contribution in [2.75, 3.05) is 0 Å². The molecule has 0 amide bonds. The Morgan fingerprint density at radius 3 is 1.60 bits per heavy atom. The first-order valence-corrected chi connectivity index (χ1v) is 27.0. The summed E-state index contributed by atoms with van der Waals surface area (Å²) in [6.07, 6.45) is 4.76. The van der Waals surface area contributed by atoms with Gasteiger partial charge in [0.25, 0.3) is 6.71 Å². The Bertz CT molecular complexity index is 4150.